The van der Waals surface area contributed by atoms with Crippen LogP contribution in [0.1, 0.15) is 43.5 Å². The van der Waals surface area contributed by atoms with E-state index in [1.807, 2.05) is 4.90 Å². The number of carbonyl (C=O) groups excluding carboxylic acids is 1. The van der Waals surface area contributed by atoms with E-state index >= 15 is 0 Å². The third-order valence-corrected chi connectivity index (χ3v) is 5.35. The molecule has 1 atom stereocenters. The number of carbonyl (C=O) groups is 1. The molecule has 3 aliphatic rings. The molecule has 2 aliphatic heterocycles. The maximum atomic E-state index is 12.4. The van der Waals surface area contributed by atoms with Crippen LogP contribution in [0.2, 0.25) is 0 Å². The summed E-state index contributed by atoms with van der Waals surface area (Å²) in [4.78, 5) is 14.4. The van der Waals surface area contributed by atoms with Gasteiger partial charge in [0.1, 0.15) is 0 Å². The highest BCUT2D eigenvalue weighted by molar-refractivity contribution is 5.79. The van der Waals surface area contributed by atoms with Crippen LogP contribution in [0.3, 0.4) is 0 Å². The molecule has 0 unspecified atom stereocenters. The Labute approximate surface area is 137 Å². The Morgan fingerprint density at radius 2 is 2.22 bits per heavy atom. The summed E-state index contributed by atoms with van der Waals surface area (Å²) in [5.41, 5.74) is 2.24. The first-order valence-corrected chi connectivity index (χ1v) is 8.95. The minimum Gasteiger partial charge on any atom is -0.380 e. The van der Waals surface area contributed by atoms with Crippen molar-refractivity contribution in [1.29, 1.82) is 0 Å². The molecule has 23 heavy (non-hydrogen) atoms. The average Bonchev–Trinajstić information content (AvgIpc) is 2.94. The van der Waals surface area contributed by atoms with Crippen LogP contribution >= 0.6 is 0 Å². The molecule has 1 aliphatic carbocycles. The lowest BCUT2D eigenvalue weighted by Crippen LogP contribution is -2.43. The van der Waals surface area contributed by atoms with Crippen LogP contribution in [0.15, 0.2) is 6.07 Å². The van der Waals surface area contributed by atoms with Gasteiger partial charge in [-0.1, -0.05) is 6.42 Å². The minimum atomic E-state index is 0.289. The van der Waals surface area contributed by atoms with E-state index in [1.165, 1.54) is 18.5 Å². The summed E-state index contributed by atoms with van der Waals surface area (Å²) in [7, 11) is 0. The first-order valence-electron chi connectivity index (χ1n) is 8.95. The summed E-state index contributed by atoms with van der Waals surface area (Å²) in [5.74, 6) is 0.639. The molecular weight excluding hydrogens is 292 g/mol. The van der Waals surface area contributed by atoms with Crippen molar-refractivity contribution in [3.05, 3.63) is 17.5 Å². The molecule has 6 heteroatoms. The molecule has 1 amide bonds. The third-order valence-electron chi connectivity index (χ3n) is 5.35. The summed E-state index contributed by atoms with van der Waals surface area (Å²) < 4.78 is 7.57. The van der Waals surface area contributed by atoms with Gasteiger partial charge in [0.25, 0.3) is 0 Å². The molecule has 0 bridgehead atoms. The van der Waals surface area contributed by atoms with Crippen LogP contribution in [0.4, 0.5) is 0 Å². The number of nitrogens with zero attached hydrogens (tertiary/aromatic N) is 3. The van der Waals surface area contributed by atoms with E-state index in [1.54, 1.807) is 0 Å². The fourth-order valence-corrected chi connectivity index (χ4v) is 3.66. The number of hydrogen-bond donors (Lipinski definition) is 1. The van der Waals surface area contributed by atoms with Crippen LogP contribution in [0, 0.1) is 5.92 Å². The quantitative estimate of drug-likeness (QED) is 0.909. The highest BCUT2D eigenvalue weighted by Crippen LogP contribution is 2.29. The number of rotatable bonds is 4. The number of aromatic nitrogens is 2. The van der Waals surface area contributed by atoms with Gasteiger partial charge < -0.3 is 15.0 Å². The molecule has 2 fully saturated rings. The van der Waals surface area contributed by atoms with Gasteiger partial charge in [-0.15, -0.1) is 0 Å². The van der Waals surface area contributed by atoms with Crippen LogP contribution < -0.4 is 5.32 Å². The van der Waals surface area contributed by atoms with Gasteiger partial charge in [-0.2, -0.15) is 5.10 Å². The van der Waals surface area contributed by atoms with Gasteiger partial charge in [0.05, 0.1) is 31.1 Å². The number of amides is 1. The maximum absolute atomic E-state index is 12.4. The number of hydrogen-bond acceptors (Lipinski definition) is 4. The molecule has 6 nitrogen and oxygen atoms in total. The van der Waals surface area contributed by atoms with Crippen LogP contribution in [-0.2, 0) is 29.2 Å². The van der Waals surface area contributed by atoms with Crippen molar-refractivity contribution in [1.82, 2.24) is 20.0 Å². The Kier molecular flexibility index (Phi) is 4.35. The minimum absolute atomic E-state index is 0.289. The Morgan fingerprint density at radius 3 is 2.96 bits per heavy atom. The lowest BCUT2D eigenvalue weighted by molar-refractivity contribution is -0.139. The second-order valence-electron chi connectivity index (χ2n) is 7.03. The number of ether oxygens (including phenoxy) is 1. The lowest BCUT2D eigenvalue weighted by atomic mass is 9.84. The molecule has 1 saturated heterocycles. The van der Waals surface area contributed by atoms with Gasteiger partial charge >= 0.3 is 0 Å². The standard InChI is InChI=1S/C17H26N4O2/c22-17(13-3-1-4-13)20-6-7-21-16(11-20)9-15(19-21)10-18-14-5-2-8-23-12-14/h9,13-14,18H,1-8,10-12H2/t14-/m1/s1. The summed E-state index contributed by atoms with van der Waals surface area (Å²) >= 11 is 0. The van der Waals surface area contributed by atoms with Crippen molar-refractivity contribution < 1.29 is 9.53 Å². The van der Waals surface area contributed by atoms with Gasteiger partial charge in [0.15, 0.2) is 0 Å². The van der Waals surface area contributed by atoms with E-state index in [4.69, 9.17) is 4.74 Å². The maximum Gasteiger partial charge on any atom is 0.226 e. The van der Waals surface area contributed by atoms with Crippen LogP contribution in [-0.4, -0.2) is 46.4 Å². The summed E-state index contributed by atoms with van der Waals surface area (Å²) in [6.45, 7) is 4.81. The highest BCUT2D eigenvalue weighted by atomic mass is 16.5. The summed E-state index contributed by atoms with van der Waals surface area (Å²) in [6.07, 6.45) is 5.68. The predicted octanol–water partition coefficient (Wildman–Crippen LogP) is 1.29. The Bertz CT molecular complexity index is 561. The van der Waals surface area contributed by atoms with E-state index in [9.17, 15) is 4.79 Å². The van der Waals surface area contributed by atoms with Gasteiger partial charge in [-0.25, -0.2) is 0 Å². The molecule has 1 aromatic rings. The SMILES string of the molecule is O=C(C1CCC1)N1CCn2nc(CN[C@@H]3CCCOC3)cc2C1. The van der Waals surface area contributed by atoms with Crippen molar-refractivity contribution in [3.63, 3.8) is 0 Å². The summed E-state index contributed by atoms with van der Waals surface area (Å²) in [5, 5.41) is 8.22. The van der Waals surface area contributed by atoms with E-state index in [2.05, 4.69) is 21.2 Å². The van der Waals surface area contributed by atoms with Gasteiger partial charge in [0, 0.05) is 31.7 Å². The molecule has 3 heterocycles. The molecule has 1 saturated carbocycles. The Balaban J connectivity index is 1.34. The van der Waals surface area contributed by atoms with Gasteiger partial charge in [-0.05, 0) is 31.7 Å². The first-order chi connectivity index (χ1) is 11.3. The molecule has 4 rings (SSSR count). The van der Waals surface area contributed by atoms with Crippen LogP contribution in [0.5, 0.6) is 0 Å². The fourth-order valence-electron chi connectivity index (χ4n) is 3.66. The Hall–Kier alpha value is -1.40. The van der Waals surface area contributed by atoms with Gasteiger partial charge in [0.2, 0.25) is 5.91 Å². The van der Waals surface area contributed by atoms with Crippen molar-refractivity contribution in [3.8, 4) is 0 Å². The molecule has 0 spiro atoms. The monoisotopic (exact) mass is 318 g/mol. The molecule has 126 valence electrons. The Morgan fingerprint density at radius 1 is 1.30 bits per heavy atom. The van der Waals surface area contributed by atoms with Crippen molar-refractivity contribution in [2.75, 3.05) is 19.8 Å². The number of nitrogens with one attached hydrogen (secondary N) is 1. The topological polar surface area (TPSA) is 59.4 Å². The fraction of sp³-hybridized carbons (Fsp3) is 0.765. The largest absolute Gasteiger partial charge is 0.380 e. The van der Waals surface area contributed by atoms with Crippen molar-refractivity contribution >= 4 is 5.91 Å². The van der Waals surface area contributed by atoms with E-state index in [0.717, 1.165) is 64.3 Å². The first kappa shape index (κ1) is 15.1. The van der Waals surface area contributed by atoms with Gasteiger partial charge in [-0.3, -0.25) is 9.48 Å². The highest BCUT2D eigenvalue weighted by Gasteiger charge is 2.31. The smallest absolute Gasteiger partial charge is 0.226 e. The van der Waals surface area contributed by atoms with E-state index in [-0.39, 0.29) is 5.92 Å². The molecule has 0 radical (unpaired) electrons. The lowest BCUT2D eigenvalue weighted by Gasteiger charge is -2.34. The third kappa shape index (κ3) is 3.28. The average molecular weight is 318 g/mol. The second kappa shape index (κ2) is 6.61. The molecule has 0 aromatic carbocycles. The van der Waals surface area contributed by atoms with Crippen LogP contribution in [0.25, 0.3) is 0 Å². The normalized spacial score (nSPS) is 25.0. The van der Waals surface area contributed by atoms with E-state index < -0.39 is 0 Å². The van der Waals surface area contributed by atoms with Crippen molar-refractivity contribution in [2.45, 2.75) is 57.8 Å². The number of fused-ring (bicyclic) bond motifs is 1. The molecule has 1 aromatic heterocycles. The van der Waals surface area contributed by atoms with E-state index in [0.29, 0.717) is 11.9 Å². The zero-order chi connectivity index (χ0) is 15.6. The second-order valence-corrected chi connectivity index (χ2v) is 7.03. The zero-order valence-corrected chi connectivity index (χ0v) is 13.7. The molecule has 1 N–H and O–H groups in total. The molecular formula is C17H26N4O2. The summed E-state index contributed by atoms with van der Waals surface area (Å²) in [6, 6.07) is 2.59. The predicted molar refractivity (Wildman–Crippen MR) is 85.7 cm³/mol. The van der Waals surface area contributed by atoms with Crippen molar-refractivity contribution in [2.24, 2.45) is 5.92 Å². The zero-order valence-electron chi connectivity index (χ0n) is 13.7.